The number of benzene rings is 1. The van der Waals surface area contributed by atoms with Crippen LogP contribution in [0.5, 0.6) is 0 Å². The summed E-state index contributed by atoms with van der Waals surface area (Å²) in [5, 5.41) is 3.58. The lowest BCUT2D eigenvalue weighted by Gasteiger charge is -2.20. The summed E-state index contributed by atoms with van der Waals surface area (Å²) in [6, 6.07) is 8.85. The first-order chi connectivity index (χ1) is 10.3. The van der Waals surface area contributed by atoms with Crippen molar-refractivity contribution in [2.24, 2.45) is 4.99 Å². The number of aryl methyl sites for hydroxylation is 1. The summed E-state index contributed by atoms with van der Waals surface area (Å²) in [6.45, 7) is 3.05. The van der Waals surface area contributed by atoms with Gasteiger partial charge < -0.3 is 5.32 Å². The van der Waals surface area contributed by atoms with Crippen molar-refractivity contribution in [3.63, 3.8) is 0 Å². The molecule has 0 fully saturated rings. The van der Waals surface area contributed by atoms with Crippen molar-refractivity contribution in [2.75, 3.05) is 6.54 Å². The van der Waals surface area contributed by atoms with Gasteiger partial charge in [-0.05, 0) is 18.9 Å². The Labute approximate surface area is 125 Å². The SMILES string of the molecule is Cc1ccc(C(Cc2cnccn2)NC2=NCCC2)cc1. The molecule has 1 atom stereocenters. The fourth-order valence-electron chi connectivity index (χ4n) is 2.55. The first-order valence-corrected chi connectivity index (χ1v) is 7.42. The van der Waals surface area contributed by atoms with Crippen LogP contribution in [0.4, 0.5) is 0 Å². The summed E-state index contributed by atoms with van der Waals surface area (Å²) in [7, 11) is 0. The Morgan fingerprint density at radius 1 is 1.19 bits per heavy atom. The third-order valence-electron chi connectivity index (χ3n) is 3.72. The van der Waals surface area contributed by atoms with E-state index in [-0.39, 0.29) is 6.04 Å². The number of nitrogens with one attached hydrogen (secondary N) is 1. The van der Waals surface area contributed by atoms with Crippen LogP contribution >= 0.6 is 0 Å². The van der Waals surface area contributed by atoms with E-state index < -0.39 is 0 Å². The third-order valence-corrected chi connectivity index (χ3v) is 3.72. The molecule has 2 heterocycles. The first kappa shape index (κ1) is 13.7. The van der Waals surface area contributed by atoms with E-state index in [1.54, 1.807) is 12.4 Å². The minimum absolute atomic E-state index is 0.194. The summed E-state index contributed by atoms with van der Waals surface area (Å²) in [6.07, 6.45) is 8.29. The van der Waals surface area contributed by atoms with E-state index in [4.69, 9.17) is 0 Å². The lowest BCUT2D eigenvalue weighted by atomic mass is 10.0. The van der Waals surface area contributed by atoms with Crippen LogP contribution in [-0.4, -0.2) is 22.3 Å². The van der Waals surface area contributed by atoms with Crippen molar-refractivity contribution in [3.8, 4) is 0 Å². The van der Waals surface area contributed by atoms with Crippen molar-refractivity contribution in [3.05, 3.63) is 59.7 Å². The van der Waals surface area contributed by atoms with Gasteiger partial charge in [0.25, 0.3) is 0 Å². The molecule has 0 bridgehead atoms. The highest BCUT2D eigenvalue weighted by molar-refractivity contribution is 5.83. The monoisotopic (exact) mass is 280 g/mol. The molecule has 0 radical (unpaired) electrons. The number of hydrogen-bond acceptors (Lipinski definition) is 4. The lowest BCUT2D eigenvalue weighted by molar-refractivity contribution is 0.627. The molecule has 0 aliphatic carbocycles. The molecule has 1 aromatic carbocycles. The zero-order chi connectivity index (χ0) is 14.5. The van der Waals surface area contributed by atoms with Crippen molar-refractivity contribution in [1.29, 1.82) is 0 Å². The molecule has 21 heavy (non-hydrogen) atoms. The van der Waals surface area contributed by atoms with Crippen molar-refractivity contribution < 1.29 is 0 Å². The number of rotatable bonds is 4. The average Bonchev–Trinajstić information content (AvgIpc) is 3.01. The fourth-order valence-corrected chi connectivity index (χ4v) is 2.55. The van der Waals surface area contributed by atoms with Crippen LogP contribution in [0.3, 0.4) is 0 Å². The third kappa shape index (κ3) is 3.66. The molecular formula is C17H20N4. The predicted molar refractivity (Wildman–Crippen MR) is 84.3 cm³/mol. The second-order valence-electron chi connectivity index (χ2n) is 5.44. The number of aromatic nitrogens is 2. The Hall–Kier alpha value is -2.23. The highest BCUT2D eigenvalue weighted by Gasteiger charge is 2.16. The molecule has 1 aliphatic heterocycles. The van der Waals surface area contributed by atoms with E-state index >= 15 is 0 Å². The van der Waals surface area contributed by atoms with Crippen LogP contribution < -0.4 is 5.32 Å². The molecule has 1 aromatic heterocycles. The molecule has 2 aromatic rings. The maximum atomic E-state index is 4.53. The van der Waals surface area contributed by atoms with Gasteiger partial charge in [0.15, 0.2) is 0 Å². The summed E-state index contributed by atoms with van der Waals surface area (Å²) in [4.78, 5) is 13.1. The number of aliphatic imine (C=N–C) groups is 1. The smallest absolute Gasteiger partial charge is 0.0968 e. The van der Waals surface area contributed by atoms with Gasteiger partial charge in [-0.1, -0.05) is 29.8 Å². The molecule has 1 unspecified atom stereocenters. The maximum Gasteiger partial charge on any atom is 0.0968 e. The minimum Gasteiger partial charge on any atom is -0.367 e. The largest absolute Gasteiger partial charge is 0.367 e. The molecule has 1 N–H and O–H groups in total. The van der Waals surface area contributed by atoms with E-state index in [0.29, 0.717) is 0 Å². The average molecular weight is 280 g/mol. The minimum atomic E-state index is 0.194. The standard InChI is InChI=1S/C17H20N4/c1-13-4-6-14(7-5-13)16(21-17-3-2-8-20-17)11-15-12-18-9-10-19-15/h4-7,9-10,12,16H,2-3,8,11H2,1H3,(H,20,21). The van der Waals surface area contributed by atoms with Gasteiger partial charge >= 0.3 is 0 Å². The molecular weight excluding hydrogens is 260 g/mol. The van der Waals surface area contributed by atoms with E-state index in [0.717, 1.165) is 37.3 Å². The second-order valence-corrected chi connectivity index (χ2v) is 5.44. The van der Waals surface area contributed by atoms with Crippen LogP contribution in [0.25, 0.3) is 0 Å². The van der Waals surface area contributed by atoms with Crippen LogP contribution in [0.2, 0.25) is 0 Å². The summed E-state index contributed by atoms with van der Waals surface area (Å²) in [5.41, 5.74) is 3.53. The molecule has 0 saturated carbocycles. The zero-order valence-electron chi connectivity index (χ0n) is 12.3. The Morgan fingerprint density at radius 2 is 2.05 bits per heavy atom. The van der Waals surface area contributed by atoms with Crippen molar-refractivity contribution in [1.82, 2.24) is 15.3 Å². The molecule has 0 saturated heterocycles. The van der Waals surface area contributed by atoms with Gasteiger partial charge in [0, 0.05) is 38.0 Å². The predicted octanol–water partition coefficient (Wildman–Crippen LogP) is 2.85. The van der Waals surface area contributed by atoms with Crippen molar-refractivity contribution >= 4 is 5.84 Å². The van der Waals surface area contributed by atoms with E-state index in [9.17, 15) is 0 Å². The quantitative estimate of drug-likeness (QED) is 0.937. The molecule has 0 spiro atoms. The number of amidine groups is 1. The Morgan fingerprint density at radius 3 is 2.71 bits per heavy atom. The maximum absolute atomic E-state index is 4.53. The molecule has 108 valence electrons. The zero-order valence-corrected chi connectivity index (χ0v) is 12.3. The molecule has 1 aliphatic rings. The van der Waals surface area contributed by atoms with E-state index in [1.807, 2.05) is 6.20 Å². The van der Waals surface area contributed by atoms with Gasteiger partial charge in [-0.3, -0.25) is 15.0 Å². The first-order valence-electron chi connectivity index (χ1n) is 7.42. The lowest BCUT2D eigenvalue weighted by Crippen LogP contribution is -2.29. The fraction of sp³-hybridized carbons (Fsp3) is 0.353. The van der Waals surface area contributed by atoms with Crippen molar-refractivity contribution in [2.45, 2.75) is 32.2 Å². The van der Waals surface area contributed by atoms with Gasteiger partial charge in [-0.25, -0.2) is 0 Å². The highest BCUT2D eigenvalue weighted by atomic mass is 15.0. The van der Waals surface area contributed by atoms with Crippen LogP contribution in [-0.2, 0) is 6.42 Å². The molecule has 0 amide bonds. The van der Waals surface area contributed by atoms with Gasteiger partial charge in [0.2, 0.25) is 0 Å². The Kier molecular flexibility index (Phi) is 4.24. The Bertz CT molecular complexity index is 604. The van der Waals surface area contributed by atoms with Gasteiger partial charge in [-0.15, -0.1) is 0 Å². The van der Waals surface area contributed by atoms with Crippen LogP contribution in [0.1, 0.15) is 35.7 Å². The van der Waals surface area contributed by atoms with E-state index in [2.05, 4.69) is 51.5 Å². The van der Waals surface area contributed by atoms with Crippen LogP contribution in [0.15, 0.2) is 47.8 Å². The highest BCUT2D eigenvalue weighted by Crippen LogP contribution is 2.19. The molecule has 3 rings (SSSR count). The summed E-state index contributed by atoms with van der Waals surface area (Å²) >= 11 is 0. The molecule has 4 nitrogen and oxygen atoms in total. The van der Waals surface area contributed by atoms with Gasteiger partial charge in [-0.2, -0.15) is 0 Å². The number of nitrogens with zero attached hydrogens (tertiary/aromatic N) is 3. The summed E-state index contributed by atoms with van der Waals surface area (Å²) in [5.74, 6) is 1.12. The summed E-state index contributed by atoms with van der Waals surface area (Å²) < 4.78 is 0. The van der Waals surface area contributed by atoms with E-state index in [1.165, 1.54) is 11.1 Å². The normalized spacial score (nSPS) is 15.6. The topological polar surface area (TPSA) is 50.2 Å². The van der Waals surface area contributed by atoms with Gasteiger partial charge in [0.1, 0.15) is 0 Å². The number of hydrogen-bond donors (Lipinski definition) is 1. The second kappa shape index (κ2) is 6.48. The van der Waals surface area contributed by atoms with Crippen LogP contribution in [0, 0.1) is 6.92 Å². The van der Waals surface area contributed by atoms with Gasteiger partial charge in [0.05, 0.1) is 17.6 Å². The molecule has 4 heteroatoms. The Balaban J connectivity index is 1.81.